The lowest BCUT2D eigenvalue weighted by Gasteiger charge is -2.11. The molecule has 0 spiro atoms. The minimum atomic E-state index is -0.314. The highest BCUT2D eigenvalue weighted by Crippen LogP contribution is 2.30. The summed E-state index contributed by atoms with van der Waals surface area (Å²) in [5.41, 5.74) is 4.03. The van der Waals surface area contributed by atoms with E-state index in [-0.39, 0.29) is 24.6 Å². The van der Waals surface area contributed by atoms with Crippen molar-refractivity contribution < 1.29 is 4.79 Å². The van der Waals surface area contributed by atoms with Crippen molar-refractivity contribution in [3.63, 3.8) is 0 Å². The number of para-hydroxylation sites is 1. The Morgan fingerprint density at radius 3 is 2.77 bits per heavy atom. The molecule has 8 heteroatoms. The van der Waals surface area contributed by atoms with E-state index in [1.807, 2.05) is 32.3 Å². The second-order valence-corrected chi connectivity index (χ2v) is 7.21. The molecule has 4 aromatic rings. The van der Waals surface area contributed by atoms with E-state index in [1.165, 1.54) is 6.07 Å². The minimum absolute atomic E-state index is 0.142. The van der Waals surface area contributed by atoms with Crippen molar-refractivity contribution in [3.8, 4) is 11.3 Å². The lowest BCUT2D eigenvalue weighted by Crippen LogP contribution is -2.33. The molecule has 0 saturated heterocycles. The number of aromatic nitrogens is 5. The molecule has 1 amide bonds. The van der Waals surface area contributed by atoms with E-state index < -0.39 is 0 Å². The molecule has 0 atom stereocenters. The van der Waals surface area contributed by atoms with Crippen LogP contribution in [0.5, 0.6) is 0 Å². The second-order valence-electron chi connectivity index (χ2n) is 7.21. The van der Waals surface area contributed by atoms with Crippen LogP contribution < -0.4 is 10.9 Å². The summed E-state index contributed by atoms with van der Waals surface area (Å²) in [4.78, 5) is 33.3. The molecule has 1 N–H and O–H groups in total. The van der Waals surface area contributed by atoms with Gasteiger partial charge in [0.25, 0.3) is 5.56 Å². The summed E-state index contributed by atoms with van der Waals surface area (Å²) in [6.45, 7) is 3.72. The Morgan fingerprint density at radius 1 is 1.13 bits per heavy atom. The Balaban J connectivity index is 1.60. The smallest absolute Gasteiger partial charge is 0.267 e. The fourth-order valence-electron chi connectivity index (χ4n) is 3.44. The Labute approximate surface area is 173 Å². The zero-order valence-electron chi connectivity index (χ0n) is 17.1. The quantitative estimate of drug-likeness (QED) is 0.552. The van der Waals surface area contributed by atoms with Gasteiger partial charge in [0.05, 0.1) is 11.4 Å². The van der Waals surface area contributed by atoms with Gasteiger partial charge in [0.1, 0.15) is 12.4 Å². The molecule has 1 aromatic carbocycles. The highest BCUT2D eigenvalue weighted by molar-refractivity contribution is 5.95. The van der Waals surface area contributed by atoms with Crippen LogP contribution in [0, 0.1) is 13.8 Å². The fraction of sp³-hybridized carbons (Fsp3) is 0.227. The zero-order chi connectivity index (χ0) is 21.3. The number of aryl methyl sites for hydroxylation is 3. The highest BCUT2D eigenvalue weighted by Gasteiger charge is 2.15. The van der Waals surface area contributed by atoms with Gasteiger partial charge >= 0.3 is 0 Å². The van der Waals surface area contributed by atoms with Crippen LogP contribution in [0.2, 0.25) is 0 Å². The van der Waals surface area contributed by atoms with Crippen molar-refractivity contribution in [1.29, 1.82) is 0 Å². The van der Waals surface area contributed by atoms with Gasteiger partial charge in [0, 0.05) is 54.1 Å². The normalized spacial score (nSPS) is 11.0. The number of nitrogens with one attached hydrogen (secondary N) is 1. The van der Waals surface area contributed by atoms with E-state index in [1.54, 1.807) is 19.2 Å². The van der Waals surface area contributed by atoms with Gasteiger partial charge < -0.3 is 9.88 Å². The van der Waals surface area contributed by atoms with Gasteiger partial charge in [-0.15, -0.1) is 0 Å². The molecule has 0 saturated carbocycles. The molecule has 0 aliphatic heterocycles. The van der Waals surface area contributed by atoms with Crippen molar-refractivity contribution in [2.24, 2.45) is 7.05 Å². The monoisotopic (exact) mass is 402 g/mol. The second kappa shape index (κ2) is 7.90. The van der Waals surface area contributed by atoms with Gasteiger partial charge in [0.15, 0.2) is 0 Å². The van der Waals surface area contributed by atoms with Gasteiger partial charge in [0.2, 0.25) is 5.91 Å². The molecule has 3 aromatic heterocycles. The molecule has 4 rings (SSSR count). The molecular formula is C22H22N6O2. The van der Waals surface area contributed by atoms with Crippen LogP contribution in [0.1, 0.15) is 17.1 Å². The summed E-state index contributed by atoms with van der Waals surface area (Å²) < 4.78 is 3.21. The number of rotatable bonds is 5. The van der Waals surface area contributed by atoms with E-state index in [9.17, 15) is 9.59 Å². The number of nitrogens with zero attached hydrogens (tertiary/aromatic N) is 5. The Kier molecular flexibility index (Phi) is 5.14. The summed E-state index contributed by atoms with van der Waals surface area (Å²) in [5, 5.41) is 8.03. The third-order valence-electron chi connectivity index (χ3n) is 4.91. The van der Waals surface area contributed by atoms with Crippen LogP contribution in [0.3, 0.4) is 0 Å². The predicted molar refractivity (Wildman–Crippen MR) is 114 cm³/mol. The van der Waals surface area contributed by atoms with Crippen LogP contribution in [-0.4, -0.2) is 30.2 Å². The van der Waals surface area contributed by atoms with Gasteiger partial charge in [-0.25, -0.2) is 14.6 Å². The first-order chi connectivity index (χ1) is 14.4. The number of hydrogen-bond acceptors (Lipinski definition) is 5. The highest BCUT2D eigenvalue weighted by atomic mass is 16.2. The van der Waals surface area contributed by atoms with E-state index in [0.717, 1.165) is 32.4 Å². The molecule has 0 unspecified atom stereocenters. The average Bonchev–Trinajstić information content (AvgIpc) is 3.06. The lowest BCUT2D eigenvalue weighted by atomic mass is 10.1. The first kappa shape index (κ1) is 19.5. The largest absolute Gasteiger partial charge is 0.350 e. The van der Waals surface area contributed by atoms with Crippen molar-refractivity contribution >= 4 is 16.8 Å². The fourth-order valence-corrected chi connectivity index (χ4v) is 3.44. The van der Waals surface area contributed by atoms with Crippen LogP contribution in [0.25, 0.3) is 22.2 Å². The van der Waals surface area contributed by atoms with Crippen LogP contribution in [0.15, 0.2) is 53.6 Å². The van der Waals surface area contributed by atoms with Crippen molar-refractivity contribution in [3.05, 3.63) is 76.2 Å². The number of benzene rings is 1. The molecule has 0 aliphatic carbocycles. The standard InChI is InChI=1S/C22H22N6O2/c1-14-8-9-21(30)28(26-14)13-20(29)24-11-16-10-23-15(2)25-22(16)18-12-27(3)19-7-5-4-6-17(18)19/h4-10,12H,11,13H2,1-3H3,(H,24,29). The van der Waals surface area contributed by atoms with Gasteiger partial charge in [-0.05, 0) is 26.0 Å². The molecule has 0 bridgehead atoms. The molecule has 0 radical (unpaired) electrons. The number of carbonyl (C=O) groups excluding carboxylic acids is 1. The Bertz CT molecular complexity index is 1300. The summed E-state index contributed by atoms with van der Waals surface area (Å²) in [6.07, 6.45) is 3.77. The topological polar surface area (TPSA) is 94.7 Å². The van der Waals surface area contributed by atoms with E-state index in [2.05, 4.69) is 37.1 Å². The zero-order valence-corrected chi connectivity index (χ0v) is 17.1. The predicted octanol–water partition coefficient (Wildman–Crippen LogP) is 2.13. The molecule has 0 fully saturated rings. The van der Waals surface area contributed by atoms with Crippen LogP contribution in [0.4, 0.5) is 0 Å². The van der Waals surface area contributed by atoms with Gasteiger partial charge in [-0.2, -0.15) is 5.10 Å². The average molecular weight is 402 g/mol. The summed E-state index contributed by atoms with van der Waals surface area (Å²) in [6, 6.07) is 11.1. The minimum Gasteiger partial charge on any atom is -0.350 e. The first-order valence-corrected chi connectivity index (χ1v) is 9.61. The van der Waals surface area contributed by atoms with Gasteiger partial charge in [-0.3, -0.25) is 9.59 Å². The van der Waals surface area contributed by atoms with Crippen LogP contribution >= 0.6 is 0 Å². The summed E-state index contributed by atoms with van der Waals surface area (Å²) >= 11 is 0. The van der Waals surface area contributed by atoms with Crippen molar-refractivity contribution in [2.75, 3.05) is 0 Å². The maximum Gasteiger partial charge on any atom is 0.267 e. The van der Waals surface area contributed by atoms with Gasteiger partial charge in [-0.1, -0.05) is 18.2 Å². The van der Waals surface area contributed by atoms with Crippen molar-refractivity contribution in [1.82, 2.24) is 29.6 Å². The molecule has 30 heavy (non-hydrogen) atoms. The maximum absolute atomic E-state index is 12.4. The molecule has 3 heterocycles. The summed E-state index contributed by atoms with van der Waals surface area (Å²) in [5.74, 6) is 0.350. The lowest BCUT2D eigenvalue weighted by molar-refractivity contribution is -0.122. The molecule has 0 aliphatic rings. The van der Waals surface area contributed by atoms with E-state index >= 15 is 0 Å². The first-order valence-electron chi connectivity index (χ1n) is 9.61. The third-order valence-corrected chi connectivity index (χ3v) is 4.91. The SMILES string of the molecule is Cc1ccc(=O)n(CC(=O)NCc2cnc(C)nc2-c2cn(C)c3ccccc23)n1. The Morgan fingerprint density at radius 2 is 1.93 bits per heavy atom. The molecule has 152 valence electrons. The van der Waals surface area contributed by atoms with E-state index in [4.69, 9.17) is 0 Å². The molecule has 8 nitrogen and oxygen atoms in total. The number of amides is 1. The van der Waals surface area contributed by atoms with Crippen molar-refractivity contribution in [2.45, 2.75) is 26.9 Å². The van der Waals surface area contributed by atoms with E-state index in [0.29, 0.717) is 11.5 Å². The number of fused-ring (bicyclic) bond motifs is 1. The third kappa shape index (κ3) is 3.84. The summed E-state index contributed by atoms with van der Waals surface area (Å²) in [7, 11) is 1.99. The number of carbonyl (C=O) groups is 1. The Hall–Kier alpha value is -3.81. The molecular weight excluding hydrogens is 380 g/mol. The van der Waals surface area contributed by atoms with Crippen LogP contribution in [-0.2, 0) is 24.9 Å². The maximum atomic E-state index is 12.4. The number of hydrogen-bond donors (Lipinski definition) is 1.